The Morgan fingerprint density at radius 2 is 2.16 bits per heavy atom. The summed E-state index contributed by atoms with van der Waals surface area (Å²) in [6.07, 6.45) is 3.46. The molecule has 3 amide bonds. The summed E-state index contributed by atoms with van der Waals surface area (Å²) in [5.74, 6) is -0.247. The van der Waals surface area contributed by atoms with Crippen molar-refractivity contribution in [3.63, 3.8) is 0 Å². The van der Waals surface area contributed by atoms with Crippen molar-refractivity contribution in [1.29, 1.82) is 0 Å². The third-order valence-electron chi connectivity index (χ3n) is 2.93. The van der Waals surface area contributed by atoms with E-state index < -0.39 is 6.03 Å². The number of nitrogens with zero attached hydrogens (tertiary/aromatic N) is 3. The van der Waals surface area contributed by atoms with Gasteiger partial charge in [0.15, 0.2) is 0 Å². The fourth-order valence-corrected chi connectivity index (χ4v) is 2.53. The third kappa shape index (κ3) is 2.17. The van der Waals surface area contributed by atoms with E-state index in [4.69, 9.17) is 0 Å². The highest BCUT2D eigenvalue weighted by Gasteiger charge is 2.24. The number of imide groups is 1. The SMILES string of the molecule is O=C1CCN(c2cc(Br)c3cncnc3c2)C(=O)N1. The molecule has 0 unspecified atom stereocenters. The number of benzene rings is 1. The summed E-state index contributed by atoms with van der Waals surface area (Å²) in [5.41, 5.74) is 1.44. The van der Waals surface area contributed by atoms with Gasteiger partial charge in [-0.25, -0.2) is 14.8 Å². The minimum atomic E-state index is -0.406. The maximum atomic E-state index is 11.8. The number of hydrogen-bond acceptors (Lipinski definition) is 4. The van der Waals surface area contributed by atoms with Crippen LogP contribution in [0.4, 0.5) is 10.5 Å². The molecule has 1 aliphatic heterocycles. The molecule has 0 aliphatic carbocycles. The molecular weight excluding hydrogens is 312 g/mol. The van der Waals surface area contributed by atoms with Crippen molar-refractivity contribution in [2.24, 2.45) is 0 Å². The largest absolute Gasteiger partial charge is 0.328 e. The monoisotopic (exact) mass is 320 g/mol. The molecule has 0 bridgehead atoms. The van der Waals surface area contributed by atoms with Crippen LogP contribution in [0.5, 0.6) is 0 Å². The van der Waals surface area contributed by atoms with Gasteiger partial charge >= 0.3 is 6.03 Å². The van der Waals surface area contributed by atoms with Crippen molar-refractivity contribution in [1.82, 2.24) is 15.3 Å². The van der Waals surface area contributed by atoms with Crippen LogP contribution >= 0.6 is 15.9 Å². The Labute approximate surface area is 117 Å². The number of urea groups is 1. The maximum Gasteiger partial charge on any atom is 0.328 e. The number of carbonyl (C=O) groups excluding carboxylic acids is 2. The first-order valence-electron chi connectivity index (χ1n) is 5.66. The number of amides is 3. The number of aromatic nitrogens is 2. The minimum absolute atomic E-state index is 0.247. The van der Waals surface area contributed by atoms with Crippen molar-refractivity contribution in [2.45, 2.75) is 6.42 Å². The Morgan fingerprint density at radius 1 is 1.32 bits per heavy atom. The van der Waals surface area contributed by atoms with Gasteiger partial charge in [-0.3, -0.25) is 15.0 Å². The Hall–Kier alpha value is -2.02. The van der Waals surface area contributed by atoms with Crippen LogP contribution in [-0.4, -0.2) is 28.5 Å². The summed E-state index contributed by atoms with van der Waals surface area (Å²) in [7, 11) is 0. The molecule has 0 saturated carbocycles. The molecule has 2 heterocycles. The number of carbonyl (C=O) groups is 2. The van der Waals surface area contributed by atoms with Crippen LogP contribution in [0.25, 0.3) is 10.9 Å². The van der Waals surface area contributed by atoms with Gasteiger partial charge in [-0.15, -0.1) is 0 Å². The molecule has 1 saturated heterocycles. The lowest BCUT2D eigenvalue weighted by Gasteiger charge is -2.26. The first-order valence-corrected chi connectivity index (χ1v) is 6.45. The maximum absolute atomic E-state index is 11.8. The van der Waals surface area contributed by atoms with Gasteiger partial charge in [0, 0.05) is 34.7 Å². The van der Waals surface area contributed by atoms with E-state index in [1.807, 2.05) is 6.07 Å². The lowest BCUT2D eigenvalue weighted by molar-refractivity contribution is -0.120. The molecule has 0 radical (unpaired) electrons. The molecule has 7 heteroatoms. The van der Waals surface area contributed by atoms with Gasteiger partial charge in [-0.05, 0) is 28.1 Å². The van der Waals surface area contributed by atoms with Gasteiger partial charge in [0.1, 0.15) is 6.33 Å². The fraction of sp³-hybridized carbons (Fsp3) is 0.167. The molecule has 96 valence electrons. The van der Waals surface area contributed by atoms with E-state index in [2.05, 4.69) is 31.2 Å². The number of nitrogens with one attached hydrogen (secondary N) is 1. The Morgan fingerprint density at radius 3 is 2.95 bits per heavy atom. The molecule has 1 aromatic heterocycles. The van der Waals surface area contributed by atoms with Gasteiger partial charge in [-0.1, -0.05) is 0 Å². The summed E-state index contributed by atoms with van der Waals surface area (Å²) >= 11 is 3.44. The number of rotatable bonds is 1. The van der Waals surface area contributed by atoms with Crippen LogP contribution < -0.4 is 10.2 Å². The van der Waals surface area contributed by atoms with Crippen molar-refractivity contribution in [3.05, 3.63) is 29.1 Å². The highest BCUT2D eigenvalue weighted by Crippen LogP contribution is 2.29. The highest BCUT2D eigenvalue weighted by atomic mass is 79.9. The molecule has 3 rings (SSSR count). The van der Waals surface area contributed by atoms with Gasteiger partial charge < -0.3 is 0 Å². The summed E-state index contributed by atoms with van der Waals surface area (Å²) < 4.78 is 0.810. The summed E-state index contributed by atoms with van der Waals surface area (Å²) in [6, 6.07) is 3.22. The van der Waals surface area contributed by atoms with Gasteiger partial charge in [-0.2, -0.15) is 0 Å². The minimum Gasteiger partial charge on any atom is -0.294 e. The molecule has 19 heavy (non-hydrogen) atoms. The van der Waals surface area contributed by atoms with Crippen molar-refractivity contribution in [3.8, 4) is 0 Å². The van der Waals surface area contributed by atoms with E-state index in [9.17, 15) is 9.59 Å². The normalized spacial score (nSPS) is 15.7. The molecule has 6 nitrogen and oxygen atoms in total. The predicted octanol–water partition coefficient (Wildman–Crippen LogP) is 1.84. The molecule has 1 N–H and O–H groups in total. The quantitative estimate of drug-likeness (QED) is 0.870. The Bertz CT molecular complexity index is 688. The molecule has 0 atom stereocenters. The standard InChI is InChI=1S/C12H9BrN4O2/c13-9-3-7(4-10-8(9)5-14-6-15-10)17-2-1-11(18)16-12(17)19/h3-6H,1-2H2,(H,16,18,19). The average Bonchev–Trinajstić information content (AvgIpc) is 2.38. The van der Waals surface area contributed by atoms with Crippen LogP contribution in [0.2, 0.25) is 0 Å². The van der Waals surface area contributed by atoms with Crippen LogP contribution in [0.1, 0.15) is 6.42 Å². The second kappa shape index (κ2) is 4.58. The van der Waals surface area contributed by atoms with Crippen LogP contribution in [0.3, 0.4) is 0 Å². The second-order valence-electron chi connectivity index (χ2n) is 4.14. The van der Waals surface area contributed by atoms with Crippen LogP contribution in [0, 0.1) is 0 Å². The fourth-order valence-electron chi connectivity index (χ4n) is 1.99. The zero-order valence-electron chi connectivity index (χ0n) is 9.76. The van der Waals surface area contributed by atoms with Crippen molar-refractivity contribution in [2.75, 3.05) is 11.4 Å². The summed E-state index contributed by atoms with van der Waals surface area (Å²) in [4.78, 5) is 32.6. The van der Waals surface area contributed by atoms with Crippen LogP contribution in [-0.2, 0) is 4.79 Å². The molecule has 1 aromatic carbocycles. The van der Waals surface area contributed by atoms with E-state index in [0.717, 1.165) is 15.4 Å². The van der Waals surface area contributed by atoms with Gasteiger partial charge in [0.25, 0.3) is 0 Å². The molecular formula is C12H9BrN4O2. The smallest absolute Gasteiger partial charge is 0.294 e. The number of fused-ring (bicyclic) bond motifs is 1. The topological polar surface area (TPSA) is 75.2 Å². The number of hydrogen-bond donors (Lipinski definition) is 1. The molecule has 2 aromatic rings. The number of anilines is 1. The Kier molecular flexibility index (Phi) is 2.90. The van der Waals surface area contributed by atoms with Crippen molar-refractivity contribution >= 4 is 44.5 Å². The van der Waals surface area contributed by atoms with E-state index in [1.165, 1.54) is 11.2 Å². The van der Waals surface area contributed by atoms with Gasteiger partial charge in [0.2, 0.25) is 5.91 Å². The van der Waals surface area contributed by atoms with E-state index in [-0.39, 0.29) is 5.91 Å². The van der Waals surface area contributed by atoms with E-state index >= 15 is 0 Å². The third-order valence-corrected chi connectivity index (χ3v) is 3.58. The second-order valence-corrected chi connectivity index (χ2v) is 4.99. The predicted molar refractivity (Wildman–Crippen MR) is 72.7 cm³/mol. The van der Waals surface area contributed by atoms with E-state index in [1.54, 1.807) is 12.3 Å². The molecule has 0 spiro atoms. The molecule has 1 fully saturated rings. The summed E-state index contributed by atoms with van der Waals surface area (Å²) in [5, 5.41) is 3.17. The zero-order chi connectivity index (χ0) is 13.4. The lowest BCUT2D eigenvalue weighted by Crippen LogP contribution is -2.49. The summed E-state index contributed by atoms with van der Waals surface area (Å²) in [6.45, 7) is 0.369. The van der Waals surface area contributed by atoms with E-state index in [0.29, 0.717) is 18.7 Å². The average molecular weight is 321 g/mol. The number of halogens is 1. The zero-order valence-corrected chi connectivity index (χ0v) is 11.3. The lowest BCUT2D eigenvalue weighted by atomic mass is 10.2. The highest BCUT2D eigenvalue weighted by molar-refractivity contribution is 9.10. The first-order chi connectivity index (χ1) is 9.15. The molecule has 1 aliphatic rings. The van der Waals surface area contributed by atoms with Gasteiger partial charge in [0.05, 0.1) is 5.52 Å². The first kappa shape index (κ1) is 12.0. The Balaban J connectivity index is 2.06. The van der Waals surface area contributed by atoms with Crippen molar-refractivity contribution < 1.29 is 9.59 Å². The van der Waals surface area contributed by atoms with Crippen LogP contribution in [0.15, 0.2) is 29.1 Å².